The van der Waals surface area contributed by atoms with Crippen molar-refractivity contribution in [2.75, 3.05) is 19.6 Å². The van der Waals surface area contributed by atoms with Crippen LogP contribution in [0.1, 0.15) is 36.8 Å². The van der Waals surface area contributed by atoms with Gasteiger partial charge >= 0.3 is 6.03 Å². The summed E-state index contributed by atoms with van der Waals surface area (Å²) in [6.07, 6.45) is 4.92. The number of rotatable bonds is 2. The van der Waals surface area contributed by atoms with E-state index in [1.807, 2.05) is 15.9 Å². The highest BCUT2D eigenvalue weighted by molar-refractivity contribution is 5.81. The van der Waals surface area contributed by atoms with Crippen molar-refractivity contribution in [2.24, 2.45) is 5.92 Å². The van der Waals surface area contributed by atoms with Crippen LogP contribution in [0.4, 0.5) is 4.79 Å². The topological polar surface area (TPSA) is 52.7 Å². The highest BCUT2D eigenvalue weighted by Crippen LogP contribution is 2.25. The molecule has 0 bridgehead atoms. The van der Waals surface area contributed by atoms with Crippen LogP contribution in [0, 0.1) is 5.92 Å². The summed E-state index contributed by atoms with van der Waals surface area (Å²) in [5, 5.41) is 3.04. The lowest BCUT2D eigenvalue weighted by Crippen LogP contribution is -2.50. The third kappa shape index (κ3) is 3.25. The Hall–Kier alpha value is -2.04. The molecule has 1 saturated heterocycles. The van der Waals surface area contributed by atoms with Crippen molar-refractivity contribution in [3.8, 4) is 0 Å². The van der Waals surface area contributed by atoms with Crippen molar-refractivity contribution in [1.29, 1.82) is 0 Å². The first-order valence-electron chi connectivity index (χ1n) is 9.12. The molecule has 0 spiro atoms. The van der Waals surface area contributed by atoms with Crippen LogP contribution in [0.2, 0.25) is 0 Å². The molecule has 5 nitrogen and oxygen atoms in total. The van der Waals surface area contributed by atoms with Gasteiger partial charge in [-0.05, 0) is 43.2 Å². The van der Waals surface area contributed by atoms with Gasteiger partial charge in [-0.25, -0.2) is 4.79 Å². The normalized spacial score (nSPS) is 23.6. The van der Waals surface area contributed by atoms with Crippen molar-refractivity contribution >= 4 is 11.9 Å². The van der Waals surface area contributed by atoms with Crippen molar-refractivity contribution in [3.05, 3.63) is 35.4 Å². The number of fused-ring (bicyclic) bond motifs is 1. The Morgan fingerprint density at radius 3 is 2.58 bits per heavy atom. The molecule has 1 unspecified atom stereocenters. The van der Waals surface area contributed by atoms with E-state index in [-0.39, 0.29) is 17.9 Å². The van der Waals surface area contributed by atoms with Gasteiger partial charge in [0, 0.05) is 32.2 Å². The van der Waals surface area contributed by atoms with E-state index >= 15 is 0 Å². The van der Waals surface area contributed by atoms with Crippen LogP contribution in [0.15, 0.2) is 24.3 Å². The van der Waals surface area contributed by atoms with Gasteiger partial charge in [-0.15, -0.1) is 0 Å². The van der Waals surface area contributed by atoms with Gasteiger partial charge in [-0.1, -0.05) is 24.3 Å². The summed E-state index contributed by atoms with van der Waals surface area (Å²) in [7, 11) is 0. The van der Waals surface area contributed by atoms with Gasteiger partial charge < -0.3 is 15.1 Å². The second-order valence-electron chi connectivity index (χ2n) is 7.29. The second-order valence-corrected chi connectivity index (χ2v) is 7.29. The summed E-state index contributed by atoms with van der Waals surface area (Å²) in [5.41, 5.74) is 2.62. The third-order valence-electron chi connectivity index (χ3n) is 5.41. The standard InChI is InChI=1S/C19H25N3O2/c23-18(21-11-9-14-4-1-2-5-15(14)12-21)16-6-3-10-22(13-16)19(24)20-17-7-8-17/h1-2,4-5,16-17H,3,6-13H2,(H,20,24). The number of likely N-dealkylation sites (tertiary alicyclic amines) is 1. The molecule has 1 saturated carbocycles. The molecule has 24 heavy (non-hydrogen) atoms. The van der Waals surface area contributed by atoms with Gasteiger partial charge in [0.2, 0.25) is 5.91 Å². The van der Waals surface area contributed by atoms with E-state index < -0.39 is 0 Å². The van der Waals surface area contributed by atoms with Crippen LogP contribution >= 0.6 is 0 Å². The molecule has 1 N–H and O–H groups in total. The van der Waals surface area contributed by atoms with E-state index in [1.54, 1.807) is 0 Å². The van der Waals surface area contributed by atoms with Crippen molar-refractivity contribution in [1.82, 2.24) is 15.1 Å². The minimum absolute atomic E-state index is 0.0130. The van der Waals surface area contributed by atoms with Crippen LogP contribution in [0.3, 0.4) is 0 Å². The maximum atomic E-state index is 12.9. The fourth-order valence-electron chi connectivity index (χ4n) is 3.80. The second kappa shape index (κ2) is 6.46. The molecule has 3 amide bonds. The average molecular weight is 327 g/mol. The summed E-state index contributed by atoms with van der Waals surface area (Å²) in [6.45, 7) is 2.83. The Morgan fingerprint density at radius 1 is 1.00 bits per heavy atom. The molecule has 2 aliphatic heterocycles. The molecule has 2 fully saturated rings. The van der Waals surface area contributed by atoms with Crippen molar-refractivity contribution in [3.63, 3.8) is 0 Å². The minimum Gasteiger partial charge on any atom is -0.338 e. The Kier molecular flexibility index (Phi) is 4.17. The average Bonchev–Trinajstić information content (AvgIpc) is 3.44. The van der Waals surface area contributed by atoms with Crippen molar-refractivity contribution < 1.29 is 9.59 Å². The highest BCUT2D eigenvalue weighted by atomic mass is 16.2. The number of carbonyl (C=O) groups is 2. The molecule has 0 aromatic heterocycles. The highest BCUT2D eigenvalue weighted by Gasteiger charge is 2.34. The molecule has 4 rings (SSSR count). The largest absolute Gasteiger partial charge is 0.338 e. The van der Waals surface area contributed by atoms with Crippen molar-refractivity contribution in [2.45, 2.75) is 44.7 Å². The van der Waals surface area contributed by atoms with Gasteiger partial charge in [0.15, 0.2) is 0 Å². The quantitative estimate of drug-likeness (QED) is 0.905. The maximum Gasteiger partial charge on any atom is 0.317 e. The number of carbonyl (C=O) groups excluding carboxylic acids is 2. The van der Waals surface area contributed by atoms with Crippen LogP contribution in [-0.4, -0.2) is 47.4 Å². The van der Waals surface area contributed by atoms with E-state index in [9.17, 15) is 9.59 Å². The number of nitrogens with zero attached hydrogens (tertiary/aromatic N) is 2. The summed E-state index contributed by atoms with van der Waals surface area (Å²) in [6, 6.07) is 8.75. The molecule has 0 radical (unpaired) electrons. The molecule has 1 atom stereocenters. The van der Waals surface area contributed by atoms with Gasteiger partial charge in [0.25, 0.3) is 0 Å². The smallest absolute Gasteiger partial charge is 0.317 e. The molecule has 5 heteroatoms. The van der Waals surface area contributed by atoms with Gasteiger partial charge in [0.1, 0.15) is 0 Å². The number of amides is 3. The molecular formula is C19H25N3O2. The monoisotopic (exact) mass is 327 g/mol. The summed E-state index contributed by atoms with van der Waals surface area (Å²) in [5.74, 6) is 0.169. The Balaban J connectivity index is 1.38. The maximum absolute atomic E-state index is 12.9. The zero-order valence-corrected chi connectivity index (χ0v) is 14.0. The number of hydrogen-bond acceptors (Lipinski definition) is 2. The molecule has 2 heterocycles. The first-order valence-corrected chi connectivity index (χ1v) is 9.12. The van der Waals surface area contributed by atoms with Crippen LogP contribution in [0.25, 0.3) is 0 Å². The lowest BCUT2D eigenvalue weighted by atomic mass is 9.94. The number of benzene rings is 1. The number of urea groups is 1. The fourth-order valence-corrected chi connectivity index (χ4v) is 3.80. The van der Waals surface area contributed by atoms with Crippen LogP contribution in [0.5, 0.6) is 0 Å². The Labute approximate surface area is 143 Å². The predicted molar refractivity (Wildman–Crippen MR) is 91.4 cm³/mol. The molecule has 1 aliphatic carbocycles. The summed E-state index contributed by atoms with van der Waals surface area (Å²) < 4.78 is 0. The van der Waals surface area contributed by atoms with Gasteiger partial charge in [-0.3, -0.25) is 4.79 Å². The first-order chi connectivity index (χ1) is 11.7. The zero-order valence-electron chi connectivity index (χ0n) is 14.0. The van der Waals surface area contributed by atoms with E-state index in [4.69, 9.17) is 0 Å². The van der Waals surface area contributed by atoms with E-state index in [2.05, 4.69) is 23.5 Å². The van der Waals surface area contributed by atoms with E-state index in [0.29, 0.717) is 19.1 Å². The zero-order chi connectivity index (χ0) is 16.5. The predicted octanol–water partition coefficient (Wildman–Crippen LogP) is 2.16. The summed E-state index contributed by atoms with van der Waals surface area (Å²) in [4.78, 5) is 29.0. The minimum atomic E-state index is -0.0473. The van der Waals surface area contributed by atoms with Gasteiger partial charge in [0.05, 0.1) is 5.92 Å². The lowest BCUT2D eigenvalue weighted by molar-refractivity contribution is -0.137. The number of nitrogens with one attached hydrogen (secondary N) is 1. The fraction of sp³-hybridized carbons (Fsp3) is 0.579. The Morgan fingerprint density at radius 2 is 1.79 bits per heavy atom. The van der Waals surface area contributed by atoms with E-state index in [1.165, 1.54) is 11.1 Å². The van der Waals surface area contributed by atoms with E-state index in [0.717, 1.165) is 45.2 Å². The molecule has 1 aromatic carbocycles. The third-order valence-corrected chi connectivity index (χ3v) is 5.41. The SMILES string of the molecule is O=C(NC1CC1)N1CCCC(C(=O)N2CCc3ccccc3C2)C1. The first kappa shape index (κ1) is 15.5. The number of hydrogen-bond donors (Lipinski definition) is 1. The number of piperidine rings is 1. The molecule has 1 aromatic rings. The van der Waals surface area contributed by atoms with Crippen LogP contribution < -0.4 is 5.32 Å². The molecule has 128 valence electrons. The van der Waals surface area contributed by atoms with Gasteiger partial charge in [-0.2, -0.15) is 0 Å². The summed E-state index contributed by atoms with van der Waals surface area (Å²) >= 11 is 0. The Bertz CT molecular complexity index is 641. The molecular weight excluding hydrogens is 302 g/mol. The molecule has 3 aliphatic rings. The van der Waals surface area contributed by atoms with Crippen LogP contribution in [-0.2, 0) is 17.8 Å². The lowest BCUT2D eigenvalue weighted by Gasteiger charge is -2.36.